The Bertz CT molecular complexity index is 1180. The first-order chi connectivity index (χ1) is 25.5. The minimum atomic E-state index is -3.58. The first-order valence-corrected chi connectivity index (χ1v) is 19.2. The van der Waals surface area contributed by atoms with Gasteiger partial charge in [-0.15, -0.1) is 0 Å². The molecule has 13 N–H and O–H groups in total. The van der Waals surface area contributed by atoms with Gasteiger partial charge in [0, 0.05) is 5.75 Å². The summed E-state index contributed by atoms with van der Waals surface area (Å²) in [4.78, 5) is 0. The lowest BCUT2D eigenvalue weighted by atomic mass is 9.97. The Morgan fingerprint density at radius 1 is 0.611 bits per heavy atom. The van der Waals surface area contributed by atoms with Crippen LogP contribution in [-0.4, -0.2) is 243 Å². The van der Waals surface area contributed by atoms with Gasteiger partial charge in [0.05, 0.1) is 51.5 Å². The molecular weight excluding hydrogens is 760 g/mol. The van der Waals surface area contributed by atoms with E-state index in [1.165, 1.54) is 6.92 Å². The zero-order valence-corrected chi connectivity index (χ0v) is 30.5. The highest BCUT2D eigenvalue weighted by molar-refractivity contribution is 7.91. The van der Waals surface area contributed by atoms with Gasteiger partial charge in [0.2, 0.25) is 0 Å². The SMILES string of the molecule is CCCS(=O)(=O)CCO[C@@H](CO)[C@@H](OC(CO)[C@H](C)O[C@@H]1OC(CO)[C@@H](O)C(O)[C@@H]1O)O[C@@H]1C(CO)O[C@@H](O[C@@H]2C(CO)O[C@@H](O)[C@@H](O)C2O)[C@@H](O)C1O. The molecule has 3 rings (SSSR count). The van der Waals surface area contributed by atoms with E-state index in [2.05, 4.69) is 0 Å². The van der Waals surface area contributed by atoms with Crippen molar-refractivity contribution in [3.05, 3.63) is 0 Å². The Kier molecular flexibility index (Phi) is 19.1. The fourth-order valence-corrected chi connectivity index (χ4v) is 7.17. The van der Waals surface area contributed by atoms with Crippen LogP contribution in [-0.2, 0) is 47.7 Å². The van der Waals surface area contributed by atoms with Gasteiger partial charge >= 0.3 is 0 Å². The predicted molar refractivity (Wildman–Crippen MR) is 173 cm³/mol. The number of sulfone groups is 1. The van der Waals surface area contributed by atoms with Crippen LogP contribution in [0.4, 0.5) is 0 Å². The lowest BCUT2D eigenvalue weighted by Crippen LogP contribution is -2.65. The fourth-order valence-electron chi connectivity index (χ4n) is 6.00. The number of aliphatic hydroxyl groups is 13. The van der Waals surface area contributed by atoms with Gasteiger partial charge in [0.25, 0.3) is 0 Å². The maximum Gasteiger partial charge on any atom is 0.187 e. The molecule has 23 nitrogen and oxygen atoms in total. The second-order valence-electron chi connectivity index (χ2n) is 13.1. The largest absolute Gasteiger partial charge is 0.394 e. The molecule has 0 aromatic carbocycles. The smallest absolute Gasteiger partial charge is 0.187 e. The van der Waals surface area contributed by atoms with Crippen LogP contribution in [0, 0.1) is 0 Å². The van der Waals surface area contributed by atoms with Crippen LogP contribution in [0.2, 0.25) is 0 Å². The van der Waals surface area contributed by atoms with Gasteiger partial charge in [0.1, 0.15) is 85.5 Å². The topological polar surface area (TPSA) is 371 Å². The van der Waals surface area contributed by atoms with Crippen LogP contribution >= 0.6 is 0 Å². The lowest BCUT2D eigenvalue weighted by Gasteiger charge is -2.47. The number of hydrogen-bond donors (Lipinski definition) is 13. The van der Waals surface area contributed by atoms with E-state index in [1.54, 1.807) is 6.92 Å². The molecule has 24 heteroatoms. The summed E-state index contributed by atoms with van der Waals surface area (Å²) in [5.74, 6) is -0.656. The Morgan fingerprint density at radius 3 is 1.74 bits per heavy atom. The number of hydrogen-bond acceptors (Lipinski definition) is 23. The molecule has 0 aromatic heterocycles. The second kappa shape index (κ2) is 21.8. The summed E-state index contributed by atoms with van der Waals surface area (Å²) in [6.45, 7) is -1.91. The molecule has 3 heterocycles. The van der Waals surface area contributed by atoms with E-state index in [1.807, 2.05) is 0 Å². The quantitative estimate of drug-likeness (QED) is 0.0478. The molecule has 54 heavy (non-hydrogen) atoms. The molecule has 3 saturated heterocycles. The summed E-state index contributed by atoms with van der Waals surface area (Å²) in [6, 6.07) is 0. The standard InChI is InChI=1S/C30H56O23S/c1-3-5-54(44,45)6-4-46-17(11-35)28(49-13(7-31)12(2)47-29-23(41)19(37)18(36)14(8-32)50-29)52-26-16(10-34)51-30(24(42)21(26)39)53-25-15(9-33)48-27(43)22(40)20(25)38/h12-43H,3-11H2,1-2H3/t12-,13?,14?,15?,16?,17-,18+,19?,20?,21?,22-,23-,24-,25+,26+,27+,28-,29+,30-/m0/s1. The molecule has 3 fully saturated rings. The second-order valence-corrected chi connectivity index (χ2v) is 15.4. The maximum absolute atomic E-state index is 12.3. The van der Waals surface area contributed by atoms with Crippen molar-refractivity contribution in [2.45, 2.75) is 137 Å². The number of ether oxygens (including phenoxy) is 8. The van der Waals surface area contributed by atoms with Gasteiger partial charge in [0.15, 0.2) is 35.0 Å². The molecule has 0 spiro atoms. The molecule has 7 unspecified atom stereocenters. The van der Waals surface area contributed by atoms with Crippen LogP contribution < -0.4 is 0 Å². The van der Waals surface area contributed by atoms with Gasteiger partial charge in [-0.05, 0) is 13.3 Å². The van der Waals surface area contributed by atoms with E-state index in [4.69, 9.17) is 37.9 Å². The van der Waals surface area contributed by atoms with E-state index in [-0.39, 0.29) is 5.75 Å². The number of rotatable bonds is 21. The molecular formula is C30H56O23S. The van der Waals surface area contributed by atoms with Crippen molar-refractivity contribution in [2.24, 2.45) is 0 Å². The molecule has 320 valence electrons. The van der Waals surface area contributed by atoms with Crippen molar-refractivity contribution in [3.63, 3.8) is 0 Å². The third-order valence-corrected chi connectivity index (χ3v) is 11.0. The van der Waals surface area contributed by atoms with Crippen LogP contribution in [0.1, 0.15) is 20.3 Å². The molecule has 0 aromatic rings. The molecule has 0 aliphatic carbocycles. The minimum absolute atomic E-state index is 0.163. The van der Waals surface area contributed by atoms with Crippen molar-refractivity contribution in [3.8, 4) is 0 Å². The summed E-state index contributed by atoms with van der Waals surface area (Å²) >= 11 is 0. The fraction of sp³-hybridized carbons (Fsp3) is 1.00. The third-order valence-electron chi connectivity index (χ3n) is 9.18. The Hall–Kier alpha value is -0.890. The van der Waals surface area contributed by atoms with Gasteiger partial charge in [-0.1, -0.05) is 6.92 Å². The normalized spacial score (nSPS) is 40.2. The average molecular weight is 817 g/mol. The predicted octanol–water partition coefficient (Wildman–Crippen LogP) is -8.26. The van der Waals surface area contributed by atoms with Crippen molar-refractivity contribution < 1.29 is 113 Å². The van der Waals surface area contributed by atoms with Gasteiger partial charge in [-0.2, -0.15) is 0 Å². The minimum Gasteiger partial charge on any atom is -0.394 e. The highest BCUT2D eigenvalue weighted by atomic mass is 32.2. The molecule has 19 atom stereocenters. The molecule has 0 amide bonds. The maximum atomic E-state index is 12.3. The van der Waals surface area contributed by atoms with Crippen LogP contribution in [0.3, 0.4) is 0 Å². The first-order valence-electron chi connectivity index (χ1n) is 17.4. The monoisotopic (exact) mass is 816 g/mol. The summed E-state index contributed by atoms with van der Waals surface area (Å²) in [6.07, 6.45) is -32.5. The zero-order valence-electron chi connectivity index (χ0n) is 29.6. The lowest BCUT2D eigenvalue weighted by molar-refractivity contribution is -0.372. The Labute approximate surface area is 310 Å². The summed E-state index contributed by atoms with van der Waals surface area (Å²) in [5, 5.41) is 133. The van der Waals surface area contributed by atoms with Crippen molar-refractivity contribution in [2.75, 3.05) is 51.1 Å². The van der Waals surface area contributed by atoms with Gasteiger partial charge < -0.3 is 104 Å². The zero-order chi connectivity index (χ0) is 40.5. The van der Waals surface area contributed by atoms with E-state index < -0.39 is 172 Å². The molecule has 3 aliphatic heterocycles. The van der Waals surface area contributed by atoms with Crippen molar-refractivity contribution >= 4 is 9.84 Å². The highest BCUT2D eigenvalue weighted by Crippen LogP contribution is 2.31. The van der Waals surface area contributed by atoms with Crippen molar-refractivity contribution in [1.29, 1.82) is 0 Å². The van der Waals surface area contributed by atoms with Gasteiger partial charge in [-0.25, -0.2) is 8.42 Å². The molecule has 0 saturated carbocycles. The molecule has 0 bridgehead atoms. The Morgan fingerprint density at radius 2 is 1.17 bits per heavy atom. The highest BCUT2D eigenvalue weighted by Gasteiger charge is 2.52. The van der Waals surface area contributed by atoms with E-state index in [0.29, 0.717) is 6.42 Å². The molecule has 3 aliphatic rings. The summed E-state index contributed by atoms with van der Waals surface area (Å²) < 4.78 is 69.2. The average Bonchev–Trinajstić information content (AvgIpc) is 3.14. The van der Waals surface area contributed by atoms with Crippen LogP contribution in [0.15, 0.2) is 0 Å². The molecule has 0 radical (unpaired) electrons. The van der Waals surface area contributed by atoms with Crippen LogP contribution in [0.5, 0.6) is 0 Å². The number of aliphatic hydroxyl groups excluding tert-OH is 13. The third kappa shape index (κ3) is 11.8. The van der Waals surface area contributed by atoms with E-state index in [9.17, 15) is 74.8 Å². The van der Waals surface area contributed by atoms with Crippen LogP contribution in [0.25, 0.3) is 0 Å². The Balaban J connectivity index is 1.85. The van der Waals surface area contributed by atoms with Crippen molar-refractivity contribution in [1.82, 2.24) is 0 Å². The van der Waals surface area contributed by atoms with E-state index in [0.717, 1.165) is 0 Å². The van der Waals surface area contributed by atoms with E-state index >= 15 is 0 Å². The van der Waals surface area contributed by atoms with Gasteiger partial charge in [-0.3, -0.25) is 0 Å². The first kappa shape index (κ1) is 47.5. The summed E-state index contributed by atoms with van der Waals surface area (Å²) in [5.41, 5.74) is 0. The summed E-state index contributed by atoms with van der Waals surface area (Å²) in [7, 11) is -3.58.